The molecule has 0 radical (unpaired) electrons. The van der Waals surface area contributed by atoms with E-state index in [1.807, 2.05) is 0 Å². The minimum Gasteiger partial charge on any atom is -0.267 e. The van der Waals surface area contributed by atoms with E-state index in [2.05, 4.69) is 10.5 Å². The summed E-state index contributed by atoms with van der Waals surface area (Å²) >= 11 is 17.4. The van der Waals surface area contributed by atoms with Crippen molar-refractivity contribution >= 4 is 46.9 Å². The zero-order valence-electron chi connectivity index (χ0n) is 10.4. The summed E-state index contributed by atoms with van der Waals surface area (Å²) in [6, 6.07) is 8.64. The molecule has 2 rings (SSSR count). The molecule has 108 valence electrons. The third-order valence-electron chi connectivity index (χ3n) is 2.54. The highest BCUT2D eigenvalue weighted by Crippen LogP contribution is 2.22. The van der Waals surface area contributed by atoms with E-state index in [1.54, 1.807) is 0 Å². The number of halogens is 4. The summed E-state index contributed by atoms with van der Waals surface area (Å²) in [5, 5.41) is 4.46. The van der Waals surface area contributed by atoms with Crippen molar-refractivity contribution in [2.45, 2.75) is 0 Å². The number of hydrogen-bond acceptors (Lipinski definition) is 2. The maximum atomic E-state index is 13.5. The van der Waals surface area contributed by atoms with Crippen molar-refractivity contribution in [2.24, 2.45) is 5.10 Å². The van der Waals surface area contributed by atoms with Crippen LogP contribution < -0.4 is 5.43 Å². The predicted molar refractivity (Wildman–Crippen MR) is 82.9 cm³/mol. The van der Waals surface area contributed by atoms with Gasteiger partial charge in [0.15, 0.2) is 0 Å². The van der Waals surface area contributed by atoms with Gasteiger partial charge in [-0.2, -0.15) is 5.10 Å². The Labute approximate surface area is 135 Å². The number of carbonyl (C=O) groups excluding carboxylic acids is 1. The van der Waals surface area contributed by atoms with Crippen LogP contribution in [0.15, 0.2) is 41.5 Å². The maximum absolute atomic E-state index is 13.5. The highest BCUT2D eigenvalue weighted by molar-refractivity contribution is 6.42. The lowest BCUT2D eigenvalue weighted by Gasteiger charge is -2.02. The van der Waals surface area contributed by atoms with Gasteiger partial charge in [0.2, 0.25) is 0 Å². The van der Waals surface area contributed by atoms with Crippen LogP contribution in [-0.2, 0) is 0 Å². The van der Waals surface area contributed by atoms with Gasteiger partial charge in [-0.05, 0) is 30.3 Å². The van der Waals surface area contributed by atoms with Gasteiger partial charge < -0.3 is 0 Å². The molecule has 21 heavy (non-hydrogen) atoms. The van der Waals surface area contributed by atoms with E-state index >= 15 is 0 Å². The van der Waals surface area contributed by atoms with E-state index < -0.39 is 11.7 Å². The molecule has 0 aromatic heterocycles. The molecule has 0 atom stereocenters. The maximum Gasteiger partial charge on any atom is 0.271 e. The van der Waals surface area contributed by atoms with E-state index in [0.717, 1.165) is 6.21 Å². The van der Waals surface area contributed by atoms with Crippen LogP contribution in [0.2, 0.25) is 15.1 Å². The molecular weight excluding hydrogens is 338 g/mol. The second-order valence-corrected chi connectivity index (χ2v) is 5.18. The Morgan fingerprint density at radius 3 is 2.52 bits per heavy atom. The van der Waals surface area contributed by atoms with Crippen LogP contribution in [0, 0.1) is 5.82 Å². The molecule has 0 aliphatic carbocycles. The van der Waals surface area contributed by atoms with E-state index in [-0.39, 0.29) is 21.2 Å². The Kier molecular flexibility index (Phi) is 5.17. The molecule has 0 aliphatic rings. The number of hydrogen-bond donors (Lipinski definition) is 1. The summed E-state index contributed by atoms with van der Waals surface area (Å²) in [6.07, 6.45) is 1.13. The molecule has 0 saturated carbocycles. The van der Waals surface area contributed by atoms with Crippen LogP contribution in [0.3, 0.4) is 0 Å². The average molecular weight is 346 g/mol. The minimum atomic E-state index is -0.532. The quantitative estimate of drug-likeness (QED) is 0.643. The summed E-state index contributed by atoms with van der Waals surface area (Å²) in [6.45, 7) is 0. The largest absolute Gasteiger partial charge is 0.271 e. The van der Waals surface area contributed by atoms with Crippen LogP contribution >= 0.6 is 34.8 Å². The fourth-order valence-corrected chi connectivity index (χ4v) is 2.00. The molecule has 1 amide bonds. The smallest absolute Gasteiger partial charge is 0.267 e. The standard InChI is InChI=1S/C14H8Cl3FN2O/c15-10-2-1-3-13(18)9(10)7-19-20-14(21)8-4-5-11(16)12(17)6-8/h1-7H,(H,20,21)/b19-7-. The summed E-state index contributed by atoms with van der Waals surface area (Å²) in [5.41, 5.74) is 2.62. The van der Waals surface area contributed by atoms with Gasteiger partial charge in [0.1, 0.15) is 5.82 Å². The molecule has 1 N–H and O–H groups in total. The Morgan fingerprint density at radius 2 is 1.86 bits per heavy atom. The number of amides is 1. The van der Waals surface area contributed by atoms with Gasteiger partial charge in [-0.1, -0.05) is 40.9 Å². The molecule has 0 fully saturated rings. The monoisotopic (exact) mass is 344 g/mol. The van der Waals surface area contributed by atoms with Gasteiger partial charge in [0.05, 0.1) is 21.3 Å². The Morgan fingerprint density at radius 1 is 1.10 bits per heavy atom. The summed E-state index contributed by atoms with van der Waals surface area (Å²) < 4.78 is 13.5. The summed E-state index contributed by atoms with van der Waals surface area (Å²) in [4.78, 5) is 11.8. The summed E-state index contributed by atoms with van der Waals surface area (Å²) in [7, 11) is 0. The van der Waals surface area contributed by atoms with Crippen molar-refractivity contribution in [3.8, 4) is 0 Å². The zero-order valence-corrected chi connectivity index (χ0v) is 12.7. The van der Waals surface area contributed by atoms with Crippen molar-refractivity contribution in [3.05, 3.63) is 68.4 Å². The molecular formula is C14H8Cl3FN2O. The topological polar surface area (TPSA) is 41.5 Å². The Bertz CT molecular complexity index is 699. The van der Waals surface area contributed by atoms with Crippen LogP contribution in [0.25, 0.3) is 0 Å². The molecule has 0 spiro atoms. The normalized spacial score (nSPS) is 10.9. The van der Waals surface area contributed by atoms with Crippen molar-refractivity contribution in [3.63, 3.8) is 0 Å². The number of carbonyl (C=O) groups is 1. The fraction of sp³-hybridized carbons (Fsp3) is 0. The van der Waals surface area contributed by atoms with E-state index in [9.17, 15) is 9.18 Å². The molecule has 7 heteroatoms. The number of rotatable bonds is 3. The van der Waals surface area contributed by atoms with Gasteiger partial charge >= 0.3 is 0 Å². The van der Waals surface area contributed by atoms with Crippen molar-refractivity contribution in [2.75, 3.05) is 0 Å². The second-order valence-electron chi connectivity index (χ2n) is 3.96. The molecule has 0 saturated heterocycles. The van der Waals surface area contributed by atoms with Gasteiger partial charge in [-0.25, -0.2) is 9.82 Å². The van der Waals surface area contributed by atoms with Gasteiger partial charge in [0.25, 0.3) is 5.91 Å². The van der Waals surface area contributed by atoms with Gasteiger partial charge in [-0.15, -0.1) is 0 Å². The van der Waals surface area contributed by atoms with Gasteiger partial charge in [-0.3, -0.25) is 4.79 Å². The lowest BCUT2D eigenvalue weighted by atomic mass is 10.2. The molecule has 0 aliphatic heterocycles. The first-order valence-corrected chi connectivity index (χ1v) is 6.85. The van der Waals surface area contributed by atoms with E-state index in [1.165, 1.54) is 36.4 Å². The third-order valence-corrected chi connectivity index (χ3v) is 3.61. The first kappa shape index (κ1) is 15.8. The fourth-order valence-electron chi connectivity index (χ4n) is 1.49. The van der Waals surface area contributed by atoms with Crippen molar-refractivity contribution in [1.82, 2.24) is 5.43 Å². The van der Waals surface area contributed by atoms with Crippen molar-refractivity contribution in [1.29, 1.82) is 0 Å². The number of nitrogens with one attached hydrogen (secondary N) is 1. The first-order chi connectivity index (χ1) is 9.99. The number of benzene rings is 2. The molecule has 3 nitrogen and oxygen atoms in total. The Balaban J connectivity index is 2.10. The number of nitrogens with zero attached hydrogens (tertiary/aromatic N) is 1. The number of hydrazone groups is 1. The van der Waals surface area contributed by atoms with Crippen LogP contribution in [0.1, 0.15) is 15.9 Å². The lowest BCUT2D eigenvalue weighted by Crippen LogP contribution is -2.17. The summed E-state index contributed by atoms with van der Waals surface area (Å²) in [5.74, 6) is -1.03. The van der Waals surface area contributed by atoms with Crippen LogP contribution in [0.5, 0.6) is 0 Å². The lowest BCUT2D eigenvalue weighted by molar-refractivity contribution is 0.0955. The predicted octanol–water partition coefficient (Wildman–Crippen LogP) is 4.55. The highest BCUT2D eigenvalue weighted by Gasteiger charge is 2.08. The molecule has 2 aromatic rings. The van der Waals surface area contributed by atoms with Crippen molar-refractivity contribution < 1.29 is 9.18 Å². The first-order valence-electron chi connectivity index (χ1n) is 5.71. The molecule has 0 heterocycles. The van der Waals surface area contributed by atoms with E-state index in [4.69, 9.17) is 34.8 Å². The van der Waals surface area contributed by atoms with E-state index in [0.29, 0.717) is 5.02 Å². The Hall–Kier alpha value is -1.62. The highest BCUT2D eigenvalue weighted by atomic mass is 35.5. The van der Waals surface area contributed by atoms with Crippen LogP contribution in [-0.4, -0.2) is 12.1 Å². The second kappa shape index (κ2) is 6.89. The SMILES string of the molecule is O=C(N/N=C\c1c(F)cccc1Cl)c1ccc(Cl)c(Cl)c1. The molecule has 2 aromatic carbocycles. The molecule has 0 unspecified atom stereocenters. The minimum absolute atomic E-state index is 0.0913. The van der Waals surface area contributed by atoms with Gasteiger partial charge in [0, 0.05) is 11.1 Å². The van der Waals surface area contributed by atoms with Crippen LogP contribution in [0.4, 0.5) is 4.39 Å². The zero-order chi connectivity index (χ0) is 15.4. The third kappa shape index (κ3) is 3.94. The average Bonchev–Trinajstić information content (AvgIpc) is 2.45. The molecule has 0 bridgehead atoms.